The summed E-state index contributed by atoms with van der Waals surface area (Å²) in [5.74, 6) is 0.245. The largest absolute Gasteiger partial charge is 0.352 e. The van der Waals surface area contributed by atoms with E-state index in [1.807, 2.05) is 39.8 Å². The van der Waals surface area contributed by atoms with Gasteiger partial charge in [0, 0.05) is 17.3 Å². The minimum absolute atomic E-state index is 0.0730. The van der Waals surface area contributed by atoms with Gasteiger partial charge in [0.1, 0.15) is 11.5 Å². The molecule has 0 aliphatic carbocycles. The van der Waals surface area contributed by atoms with E-state index in [-0.39, 0.29) is 11.8 Å². The highest BCUT2D eigenvalue weighted by molar-refractivity contribution is 6.34. The predicted octanol–water partition coefficient (Wildman–Crippen LogP) is 4.69. The number of carbonyl (C=O) groups excluding carboxylic acids is 2. The van der Waals surface area contributed by atoms with Gasteiger partial charge in [0.05, 0.1) is 40.4 Å². The second-order valence-electron chi connectivity index (χ2n) is 8.98. The van der Waals surface area contributed by atoms with Crippen molar-refractivity contribution >= 4 is 40.0 Å². The number of anilines is 1. The van der Waals surface area contributed by atoms with Gasteiger partial charge in [-0.05, 0) is 36.8 Å². The molecule has 0 aliphatic rings. The summed E-state index contributed by atoms with van der Waals surface area (Å²) in [7, 11) is 0. The van der Waals surface area contributed by atoms with E-state index in [4.69, 9.17) is 11.6 Å². The first kappa shape index (κ1) is 23.4. The van der Waals surface area contributed by atoms with Crippen LogP contribution in [0.2, 0.25) is 5.02 Å². The molecule has 0 spiro atoms. The molecule has 34 heavy (non-hydrogen) atoms. The number of halogens is 1. The number of fused-ring (bicyclic) bond motifs is 1. The Hall–Kier alpha value is -3.78. The lowest BCUT2D eigenvalue weighted by atomic mass is 9.95. The lowest BCUT2D eigenvalue weighted by Gasteiger charge is -2.18. The van der Waals surface area contributed by atoms with E-state index >= 15 is 0 Å². The van der Waals surface area contributed by atoms with E-state index in [2.05, 4.69) is 25.7 Å². The molecule has 0 radical (unpaired) electrons. The van der Waals surface area contributed by atoms with Crippen LogP contribution >= 0.6 is 11.6 Å². The highest BCUT2D eigenvalue weighted by Gasteiger charge is 2.21. The fraction of sp³-hybridized carbons (Fsp3) is 0.240. The van der Waals surface area contributed by atoms with Gasteiger partial charge in [-0.1, -0.05) is 44.5 Å². The van der Waals surface area contributed by atoms with Crippen molar-refractivity contribution in [3.8, 4) is 5.69 Å². The zero-order valence-electron chi connectivity index (χ0n) is 19.4. The van der Waals surface area contributed by atoms with Crippen LogP contribution in [0.5, 0.6) is 0 Å². The Bertz CT molecular complexity index is 1370. The van der Waals surface area contributed by atoms with Gasteiger partial charge < -0.3 is 10.6 Å². The number of nitrogens with one attached hydrogen (secondary N) is 2. The number of hydrogen-bond acceptors (Lipinski definition) is 5. The van der Waals surface area contributed by atoms with Crippen molar-refractivity contribution in [2.24, 2.45) is 5.41 Å². The second-order valence-corrected chi connectivity index (χ2v) is 9.39. The Kier molecular flexibility index (Phi) is 6.34. The number of aromatic nitrogens is 4. The highest BCUT2D eigenvalue weighted by atomic mass is 35.5. The molecule has 2 N–H and O–H groups in total. The van der Waals surface area contributed by atoms with E-state index < -0.39 is 5.41 Å². The molecule has 2 amide bonds. The maximum absolute atomic E-state index is 13.1. The van der Waals surface area contributed by atoms with Crippen LogP contribution in [0.15, 0.2) is 55.0 Å². The smallest absolute Gasteiger partial charge is 0.257 e. The van der Waals surface area contributed by atoms with Crippen molar-refractivity contribution in [3.63, 3.8) is 0 Å². The van der Waals surface area contributed by atoms with Crippen molar-refractivity contribution in [1.29, 1.82) is 0 Å². The first-order valence-electron chi connectivity index (χ1n) is 10.8. The summed E-state index contributed by atoms with van der Waals surface area (Å²) in [6, 6.07) is 10.7. The quantitative estimate of drug-likeness (QED) is 0.435. The van der Waals surface area contributed by atoms with E-state index in [1.165, 1.54) is 0 Å². The molecule has 0 unspecified atom stereocenters. The average molecular weight is 477 g/mol. The molecule has 0 aliphatic heterocycles. The zero-order valence-corrected chi connectivity index (χ0v) is 20.1. The normalized spacial score (nSPS) is 11.4. The monoisotopic (exact) mass is 476 g/mol. The zero-order chi connectivity index (χ0) is 24.5. The number of nitrogens with zero attached hydrogens (tertiary/aromatic N) is 4. The minimum Gasteiger partial charge on any atom is -0.352 e. The number of hydrogen-bond donors (Lipinski definition) is 2. The molecule has 4 rings (SSSR count). The van der Waals surface area contributed by atoms with Gasteiger partial charge in [0.25, 0.3) is 5.91 Å². The van der Waals surface area contributed by atoms with Gasteiger partial charge in [-0.2, -0.15) is 5.10 Å². The van der Waals surface area contributed by atoms with Crippen molar-refractivity contribution in [3.05, 3.63) is 77.0 Å². The summed E-state index contributed by atoms with van der Waals surface area (Å²) in [6.45, 7) is 7.65. The Morgan fingerprint density at radius 3 is 2.50 bits per heavy atom. The SMILES string of the molecule is Cc1ncc(-n2ncc3c(NC(=O)c4cc(CNC(=O)C(C)(C)C)ccc4Cl)cccc32)cn1. The van der Waals surface area contributed by atoms with Crippen LogP contribution in [-0.2, 0) is 11.3 Å². The van der Waals surface area contributed by atoms with Gasteiger partial charge in [0.2, 0.25) is 5.91 Å². The molecular weight excluding hydrogens is 452 g/mol. The molecule has 0 saturated heterocycles. The average Bonchev–Trinajstić information content (AvgIpc) is 3.23. The van der Waals surface area contributed by atoms with Crippen LogP contribution in [0.3, 0.4) is 0 Å². The third-order valence-corrected chi connectivity index (χ3v) is 5.61. The number of aryl methyl sites for hydroxylation is 1. The maximum atomic E-state index is 13.1. The lowest BCUT2D eigenvalue weighted by molar-refractivity contribution is -0.128. The Morgan fingerprint density at radius 2 is 1.79 bits per heavy atom. The summed E-state index contributed by atoms with van der Waals surface area (Å²) in [4.78, 5) is 33.7. The van der Waals surface area contributed by atoms with E-state index in [0.717, 1.165) is 22.2 Å². The summed E-state index contributed by atoms with van der Waals surface area (Å²) in [6.07, 6.45) is 5.08. The van der Waals surface area contributed by atoms with Gasteiger partial charge in [0.15, 0.2) is 0 Å². The van der Waals surface area contributed by atoms with Crippen molar-refractivity contribution < 1.29 is 9.59 Å². The van der Waals surface area contributed by atoms with Crippen molar-refractivity contribution in [2.45, 2.75) is 34.2 Å². The fourth-order valence-electron chi connectivity index (χ4n) is 3.35. The molecular formula is C25H25ClN6O2. The first-order chi connectivity index (χ1) is 16.1. The topological polar surface area (TPSA) is 102 Å². The molecule has 0 bridgehead atoms. The van der Waals surface area contributed by atoms with Gasteiger partial charge in [-0.15, -0.1) is 0 Å². The summed E-state index contributed by atoms with van der Waals surface area (Å²) < 4.78 is 1.72. The predicted molar refractivity (Wildman–Crippen MR) is 132 cm³/mol. The Labute approximate surface area is 202 Å². The van der Waals surface area contributed by atoms with E-state index in [1.54, 1.807) is 47.5 Å². The molecule has 2 aromatic carbocycles. The first-order valence-corrected chi connectivity index (χ1v) is 11.1. The highest BCUT2D eigenvalue weighted by Crippen LogP contribution is 2.27. The van der Waals surface area contributed by atoms with E-state index in [0.29, 0.717) is 28.6 Å². The Balaban J connectivity index is 1.57. The lowest BCUT2D eigenvalue weighted by Crippen LogP contribution is -2.34. The molecule has 8 nitrogen and oxygen atoms in total. The van der Waals surface area contributed by atoms with Gasteiger partial charge >= 0.3 is 0 Å². The molecule has 2 aromatic heterocycles. The van der Waals surface area contributed by atoms with Gasteiger partial charge in [-0.25, -0.2) is 14.6 Å². The van der Waals surface area contributed by atoms with Crippen LogP contribution < -0.4 is 10.6 Å². The summed E-state index contributed by atoms with van der Waals surface area (Å²) >= 11 is 6.33. The van der Waals surface area contributed by atoms with Crippen LogP contribution in [0.1, 0.15) is 42.5 Å². The van der Waals surface area contributed by atoms with Crippen molar-refractivity contribution in [2.75, 3.05) is 5.32 Å². The number of benzene rings is 2. The maximum Gasteiger partial charge on any atom is 0.257 e. The minimum atomic E-state index is -0.500. The van der Waals surface area contributed by atoms with E-state index in [9.17, 15) is 9.59 Å². The van der Waals surface area contributed by atoms with Crippen molar-refractivity contribution in [1.82, 2.24) is 25.1 Å². The van der Waals surface area contributed by atoms with Crippen LogP contribution in [-0.4, -0.2) is 31.6 Å². The van der Waals surface area contributed by atoms with Crippen LogP contribution in [0, 0.1) is 12.3 Å². The molecule has 9 heteroatoms. The Morgan fingerprint density at radius 1 is 1.06 bits per heavy atom. The van der Waals surface area contributed by atoms with Gasteiger partial charge in [-0.3, -0.25) is 9.59 Å². The molecule has 2 heterocycles. The molecule has 0 fully saturated rings. The number of amides is 2. The summed E-state index contributed by atoms with van der Waals surface area (Å²) in [5, 5.41) is 11.4. The second kappa shape index (κ2) is 9.23. The number of rotatable bonds is 5. The fourth-order valence-corrected chi connectivity index (χ4v) is 3.56. The molecule has 0 saturated carbocycles. The molecule has 174 valence electrons. The van der Waals surface area contributed by atoms with Crippen LogP contribution in [0.4, 0.5) is 5.69 Å². The summed E-state index contributed by atoms with van der Waals surface area (Å²) in [5.41, 5.74) is 2.72. The molecule has 0 atom stereocenters. The standard InChI is InChI=1S/C25H25ClN6O2/c1-15-27-12-17(13-28-15)32-22-7-5-6-21(19(22)14-30-32)31-23(33)18-10-16(8-9-20(18)26)11-29-24(34)25(2,3)4/h5-10,12-14H,11H2,1-4H3,(H,29,34)(H,31,33). The van der Waals surface area contributed by atoms with Crippen LogP contribution in [0.25, 0.3) is 16.6 Å². The third kappa shape index (κ3) is 4.92. The number of carbonyl (C=O) groups is 2. The third-order valence-electron chi connectivity index (χ3n) is 5.28. The molecule has 4 aromatic rings.